The number of benzene rings is 1. The fraction of sp³-hybridized carbons (Fsp3) is 0.696. The molecule has 3 fully saturated rings. The highest BCUT2D eigenvalue weighted by molar-refractivity contribution is 5.76. The number of nitrogens with zero attached hydrogens (tertiary/aromatic N) is 1. The SMILES string of the molecule is O=C1NCCN1CCCCCCCNC1(c2ccc(F)c(OCC3CC3)c2)CC1. The summed E-state index contributed by atoms with van der Waals surface area (Å²) < 4.78 is 19.8. The van der Waals surface area contributed by atoms with E-state index in [4.69, 9.17) is 4.74 Å². The third kappa shape index (κ3) is 5.62. The highest BCUT2D eigenvalue weighted by atomic mass is 19.1. The van der Waals surface area contributed by atoms with E-state index in [1.54, 1.807) is 6.07 Å². The quantitative estimate of drug-likeness (QED) is 0.486. The molecule has 1 aromatic rings. The molecule has 0 spiro atoms. The Morgan fingerprint density at radius 1 is 1.17 bits per heavy atom. The van der Waals surface area contributed by atoms with Gasteiger partial charge < -0.3 is 20.3 Å². The Hall–Kier alpha value is -1.82. The summed E-state index contributed by atoms with van der Waals surface area (Å²) in [5, 5.41) is 6.56. The Bertz CT molecular complexity index is 703. The highest BCUT2D eigenvalue weighted by Crippen LogP contribution is 2.46. The van der Waals surface area contributed by atoms with Crippen LogP contribution in [0.2, 0.25) is 0 Å². The van der Waals surface area contributed by atoms with E-state index >= 15 is 0 Å². The second-order valence-electron chi connectivity index (χ2n) is 8.90. The highest BCUT2D eigenvalue weighted by Gasteiger charge is 2.44. The number of rotatable bonds is 13. The monoisotopic (exact) mass is 403 g/mol. The molecule has 3 aliphatic rings. The normalized spacial score (nSPS) is 20.0. The smallest absolute Gasteiger partial charge is 0.317 e. The third-order valence-corrected chi connectivity index (χ3v) is 6.42. The van der Waals surface area contributed by atoms with E-state index in [-0.39, 0.29) is 17.4 Å². The van der Waals surface area contributed by atoms with Gasteiger partial charge in [-0.05, 0) is 68.7 Å². The van der Waals surface area contributed by atoms with Crippen molar-refractivity contribution in [2.45, 2.75) is 63.3 Å². The van der Waals surface area contributed by atoms with Crippen LogP contribution in [0.5, 0.6) is 5.75 Å². The molecule has 160 valence electrons. The Labute approximate surface area is 173 Å². The van der Waals surface area contributed by atoms with Crippen molar-refractivity contribution < 1.29 is 13.9 Å². The fourth-order valence-corrected chi connectivity index (χ4v) is 4.11. The van der Waals surface area contributed by atoms with Gasteiger partial charge in [0.05, 0.1) is 6.61 Å². The van der Waals surface area contributed by atoms with Crippen molar-refractivity contribution in [3.05, 3.63) is 29.6 Å². The van der Waals surface area contributed by atoms with Crippen molar-refractivity contribution in [3.63, 3.8) is 0 Å². The number of unbranched alkanes of at least 4 members (excludes halogenated alkanes) is 4. The van der Waals surface area contributed by atoms with Crippen LogP contribution in [0.3, 0.4) is 0 Å². The number of amides is 2. The number of nitrogens with one attached hydrogen (secondary N) is 2. The first-order valence-electron chi connectivity index (χ1n) is 11.4. The van der Waals surface area contributed by atoms with Crippen LogP contribution in [0.1, 0.15) is 63.4 Å². The molecule has 0 atom stereocenters. The van der Waals surface area contributed by atoms with Gasteiger partial charge in [0.15, 0.2) is 11.6 Å². The lowest BCUT2D eigenvalue weighted by molar-refractivity contribution is 0.216. The zero-order valence-corrected chi connectivity index (χ0v) is 17.4. The number of hydrogen-bond donors (Lipinski definition) is 2. The molecular weight excluding hydrogens is 369 g/mol. The van der Waals surface area contributed by atoms with Gasteiger partial charge in [0, 0.05) is 25.2 Å². The first-order valence-corrected chi connectivity index (χ1v) is 11.4. The average Bonchev–Trinajstić information content (AvgIpc) is 3.64. The molecule has 2 aliphatic carbocycles. The first-order chi connectivity index (χ1) is 14.2. The maximum Gasteiger partial charge on any atom is 0.317 e. The van der Waals surface area contributed by atoms with Gasteiger partial charge in [-0.3, -0.25) is 0 Å². The molecule has 29 heavy (non-hydrogen) atoms. The average molecular weight is 404 g/mol. The van der Waals surface area contributed by atoms with Crippen LogP contribution in [0, 0.1) is 11.7 Å². The van der Waals surface area contributed by atoms with E-state index < -0.39 is 0 Å². The molecule has 0 bridgehead atoms. The number of carbonyl (C=O) groups is 1. The van der Waals surface area contributed by atoms with Crippen LogP contribution in [-0.2, 0) is 5.54 Å². The molecule has 5 nitrogen and oxygen atoms in total. The van der Waals surface area contributed by atoms with Crippen molar-refractivity contribution in [2.75, 3.05) is 32.8 Å². The van der Waals surface area contributed by atoms with Crippen molar-refractivity contribution in [1.29, 1.82) is 0 Å². The summed E-state index contributed by atoms with van der Waals surface area (Å²) in [6.45, 7) is 4.15. The third-order valence-electron chi connectivity index (χ3n) is 6.42. The van der Waals surface area contributed by atoms with Gasteiger partial charge in [-0.25, -0.2) is 9.18 Å². The minimum Gasteiger partial charge on any atom is -0.490 e. The van der Waals surface area contributed by atoms with E-state index in [2.05, 4.69) is 10.6 Å². The molecule has 2 amide bonds. The predicted molar refractivity (Wildman–Crippen MR) is 112 cm³/mol. The summed E-state index contributed by atoms with van der Waals surface area (Å²) in [7, 11) is 0. The lowest BCUT2D eigenvalue weighted by Gasteiger charge is -2.19. The standard InChI is InChI=1S/C23H34FN3O2/c24-20-9-8-19(16-21(20)29-17-18-6-7-18)23(10-11-23)26-12-4-2-1-3-5-14-27-15-13-25-22(27)28/h8-9,16,18,26H,1-7,10-15,17H2,(H,25,28). The van der Waals surface area contributed by atoms with E-state index in [9.17, 15) is 9.18 Å². The molecule has 4 rings (SSSR count). The van der Waals surface area contributed by atoms with Crippen molar-refractivity contribution in [2.24, 2.45) is 5.92 Å². The van der Waals surface area contributed by atoms with E-state index in [0.717, 1.165) is 57.4 Å². The summed E-state index contributed by atoms with van der Waals surface area (Å²) in [4.78, 5) is 13.4. The van der Waals surface area contributed by atoms with Crippen molar-refractivity contribution >= 4 is 6.03 Å². The van der Waals surface area contributed by atoms with E-state index in [1.807, 2.05) is 17.0 Å². The Balaban J connectivity index is 1.12. The van der Waals surface area contributed by atoms with Crippen LogP contribution in [0.25, 0.3) is 0 Å². The Morgan fingerprint density at radius 3 is 2.69 bits per heavy atom. The lowest BCUT2D eigenvalue weighted by Crippen LogP contribution is -2.30. The molecule has 0 radical (unpaired) electrons. The largest absolute Gasteiger partial charge is 0.490 e. The summed E-state index contributed by atoms with van der Waals surface area (Å²) in [6, 6.07) is 5.46. The van der Waals surface area contributed by atoms with Gasteiger partial charge in [-0.1, -0.05) is 25.3 Å². The molecule has 2 saturated carbocycles. The van der Waals surface area contributed by atoms with Gasteiger partial charge in [-0.15, -0.1) is 0 Å². The second-order valence-corrected chi connectivity index (χ2v) is 8.90. The Morgan fingerprint density at radius 2 is 1.97 bits per heavy atom. The summed E-state index contributed by atoms with van der Waals surface area (Å²) in [5.74, 6) is 0.782. The minimum atomic E-state index is -0.253. The maximum absolute atomic E-state index is 14.1. The molecule has 0 unspecified atom stereocenters. The molecule has 0 aromatic heterocycles. The summed E-state index contributed by atoms with van der Waals surface area (Å²) in [5.41, 5.74) is 1.18. The zero-order valence-electron chi connectivity index (χ0n) is 17.4. The number of urea groups is 1. The number of hydrogen-bond acceptors (Lipinski definition) is 3. The number of carbonyl (C=O) groups excluding carboxylic acids is 1. The van der Waals surface area contributed by atoms with Crippen molar-refractivity contribution in [3.8, 4) is 5.75 Å². The Kier molecular flexibility index (Phi) is 6.58. The molecule has 1 saturated heterocycles. The van der Waals surface area contributed by atoms with Gasteiger partial charge in [0.25, 0.3) is 0 Å². The topological polar surface area (TPSA) is 53.6 Å². The van der Waals surface area contributed by atoms with Crippen LogP contribution in [0.4, 0.5) is 9.18 Å². The molecule has 2 N–H and O–H groups in total. The molecule has 6 heteroatoms. The maximum atomic E-state index is 14.1. The van der Waals surface area contributed by atoms with Gasteiger partial charge in [0.2, 0.25) is 0 Å². The molecule has 1 aliphatic heterocycles. The van der Waals surface area contributed by atoms with Gasteiger partial charge >= 0.3 is 6.03 Å². The van der Waals surface area contributed by atoms with Crippen LogP contribution < -0.4 is 15.4 Å². The predicted octanol–water partition coefficient (Wildman–Crippen LogP) is 4.17. The summed E-state index contributed by atoms with van der Waals surface area (Å²) >= 11 is 0. The molecule has 1 heterocycles. The van der Waals surface area contributed by atoms with Gasteiger partial charge in [-0.2, -0.15) is 0 Å². The number of halogens is 1. The zero-order chi connectivity index (χ0) is 20.1. The number of ether oxygens (including phenoxy) is 1. The van der Waals surface area contributed by atoms with Crippen LogP contribution >= 0.6 is 0 Å². The fourth-order valence-electron chi connectivity index (χ4n) is 4.11. The molecular formula is C23H34FN3O2. The second kappa shape index (κ2) is 9.33. The minimum absolute atomic E-state index is 0.0223. The van der Waals surface area contributed by atoms with Crippen molar-refractivity contribution in [1.82, 2.24) is 15.5 Å². The van der Waals surface area contributed by atoms with Gasteiger partial charge in [0.1, 0.15) is 0 Å². The van der Waals surface area contributed by atoms with E-state index in [1.165, 1.54) is 32.1 Å². The van der Waals surface area contributed by atoms with Crippen LogP contribution in [0.15, 0.2) is 18.2 Å². The van der Waals surface area contributed by atoms with E-state index in [0.29, 0.717) is 18.3 Å². The summed E-state index contributed by atoms with van der Waals surface area (Å²) in [6.07, 6.45) is 10.5. The lowest BCUT2D eigenvalue weighted by atomic mass is 10.0. The first kappa shape index (κ1) is 20.5. The van der Waals surface area contributed by atoms with Crippen LogP contribution in [-0.4, -0.2) is 43.7 Å². The molecule has 1 aromatic carbocycles.